The standard InChI is InChI=1S/C21H23N3O4S2/c1-14(2)10-18-20(25)24(13-16-8-9-17-19(11-16)28-21(29)22-17)30(26,27)23(18)12-15-6-4-3-5-7-15/h3-9,11,14,18H,10,12-13H2,1-2H3,(H,22,29). The summed E-state index contributed by atoms with van der Waals surface area (Å²) in [6.07, 6.45) is 0.465. The zero-order chi connectivity index (χ0) is 21.5. The summed E-state index contributed by atoms with van der Waals surface area (Å²) in [5.41, 5.74) is 2.75. The number of aromatic amines is 1. The van der Waals surface area contributed by atoms with Crippen molar-refractivity contribution in [3.8, 4) is 0 Å². The summed E-state index contributed by atoms with van der Waals surface area (Å²) >= 11 is 5.00. The lowest BCUT2D eigenvalue weighted by molar-refractivity contribution is -0.128. The Balaban J connectivity index is 1.67. The molecule has 3 aromatic rings. The highest BCUT2D eigenvalue weighted by molar-refractivity contribution is 7.87. The summed E-state index contributed by atoms with van der Waals surface area (Å²) in [5, 5.41) is 0. The fraction of sp³-hybridized carbons (Fsp3) is 0.333. The average Bonchev–Trinajstić information content (AvgIpc) is 3.14. The number of aromatic nitrogens is 1. The Labute approximate surface area is 180 Å². The highest BCUT2D eigenvalue weighted by atomic mass is 32.2. The Morgan fingerprint density at radius 1 is 1.10 bits per heavy atom. The van der Waals surface area contributed by atoms with Crippen LogP contribution < -0.4 is 0 Å². The number of hydrogen-bond donors (Lipinski definition) is 1. The topological polar surface area (TPSA) is 86.6 Å². The van der Waals surface area contributed by atoms with E-state index < -0.39 is 22.2 Å². The predicted molar refractivity (Wildman–Crippen MR) is 116 cm³/mol. The molecule has 7 nitrogen and oxygen atoms in total. The van der Waals surface area contributed by atoms with Crippen molar-refractivity contribution in [2.24, 2.45) is 5.92 Å². The third-order valence-corrected chi connectivity index (χ3v) is 7.17. The molecule has 1 fully saturated rings. The van der Waals surface area contributed by atoms with Gasteiger partial charge in [0.2, 0.25) is 0 Å². The monoisotopic (exact) mass is 445 g/mol. The molecule has 2 heterocycles. The van der Waals surface area contributed by atoms with Gasteiger partial charge in [0, 0.05) is 6.54 Å². The van der Waals surface area contributed by atoms with Gasteiger partial charge in [0.1, 0.15) is 6.04 Å². The first kappa shape index (κ1) is 20.8. The number of hydrogen-bond acceptors (Lipinski definition) is 5. The van der Waals surface area contributed by atoms with Crippen molar-refractivity contribution in [2.75, 3.05) is 0 Å². The first-order valence-electron chi connectivity index (χ1n) is 9.74. The predicted octanol–water partition coefficient (Wildman–Crippen LogP) is 3.99. The number of rotatable bonds is 6. The molecule has 0 aliphatic carbocycles. The van der Waals surface area contributed by atoms with Crippen LogP contribution >= 0.6 is 12.2 Å². The van der Waals surface area contributed by atoms with E-state index in [4.69, 9.17) is 16.6 Å². The van der Waals surface area contributed by atoms with Gasteiger partial charge in [0.25, 0.3) is 10.7 Å². The van der Waals surface area contributed by atoms with Gasteiger partial charge < -0.3 is 9.40 Å². The number of amides is 1. The Kier molecular flexibility index (Phi) is 5.52. The van der Waals surface area contributed by atoms with Crippen LogP contribution in [-0.4, -0.2) is 34.0 Å². The number of nitrogens with zero attached hydrogens (tertiary/aromatic N) is 2. The first-order valence-corrected chi connectivity index (χ1v) is 11.6. The molecule has 4 rings (SSSR count). The van der Waals surface area contributed by atoms with Crippen LogP contribution in [0.25, 0.3) is 11.1 Å². The minimum absolute atomic E-state index is 0.0511. The van der Waals surface area contributed by atoms with Crippen molar-refractivity contribution < 1.29 is 17.6 Å². The van der Waals surface area contributed by atoms with E-state index in [1.54, 1.807) is 18.2 Å². The van der Waals surface area contributed by atoms with Crippen molar-refractivity contribution in [3.05, 3.63) is 64.5 Å². The molecule has 2 aromatic carbocycles. The van der Waals surface area contributed by atoms with E-state index in [0.717, 1.165) is 15.4 Å². The Hall–Kier alpha value is -2.49. The zero-order valence-corrected chi connectivity index (χ0v) is 18.4. The smallest absolute Gasteiger partial charge is 0.307 e. The molecule has 0 radical (unpaired) electrons. The largest absolute Gasteiger partial charge is 0.429 e. The Bertz CT molecular complexity index is 1230. The highest BCUT2D eigenvalue weighted by Crippen LogP contribution is 2.31. The molecule has 0 bridgehead atoms. The van der Waals surface area contributed by atoms with Gasteiger partial charge in [0.05, 0.1) is 12.1 Å². The summed E-state index contributed by atoms with van der Waals surface area (Å²) in [5.74, 6) is -0.220. The number of carbonyl (C=O) groups excluding carboxylic acids is 1. The Morgan fingerprint density at radius 2 is 1.83 bits per heavy atom. The van der Waals surface area contributed by atoms with E-state index in [0.29, 0.717) is 17.6 Å². The van der Waals surface area contributed by atoms with Crippen LogP contribution in [0.3, 0.4) is 0 Å². The summed E-state index contributed by atoms with van der Waals surface area (Å²) in [6, 6.07) is 13.9. The lowest BCUT2D eigenvalue weighted by atomic mass is 10.0. The molecule has 1 aliphatic rings. The quantitative estimate of drug-likeness (QED) is 0.580. The molecule has 1 aromatic heterocycles. The SMILES string of the molecule is CC(C)CC1C(=O)N(Cc2ccc3[nH]c(=S)oc3c2)S(=O)(=O)N1Cc1ccccc1. The van der Waals surface area contributed by atoms with E-state index in [1.807, 2.05) is 44.2 Å². The van der Waals surface area contributed by atoms with Gasteiger partial charge in [-0.1, -0.05) is 50.2 Å². The lowest BCUT2D eigenvalue weighted by Gasteiger charge is -2.22. The molecule has 0 spiro atoms. The van der Waals surface area contributed by atoms with Gasteiger partial charge in [-0.25, -0.2) is 4.31 Å². The highest BCUT2D eigenvalue weighted by Gasteiger charge is 2.50. The third kappa shape index (κ3) is 3.92. The second-order valence-electron chi connectivity index (χ2n) is 7.87. The van der Waals surface area contributed by atoms with Crippen LogP contribution in [0.4, 0.5) is 0 Å². The molecule has 1 amide bonds. The fourth-order valence-electron chi connectivity index (χ4n) is 3.72. The molecule has 1 aliphatic heterocycles. The van der Waals surface area contributed by atoms with Crippen molar-refractivity contribution >= 4 is 39.4 Å². The maximum atomic E-state index is 13.4. The van der Waals surface area contributed by atoms with Crippen LogP contribution in [0.2, 0.25) is 0 Å². The van der Waals surface area contributed by atoms with Gasteiger partial charge >= 0.3 is 10.2 Å². The minimum atomic E-state index is -3.96. The lowest BCUT2D eigenvalue weighted by Crippen LogP contribution is -2.36. The molecule has 1 saturated heterocycles. The van der Waals surface area contributed by atoms with Crippen LogP contribution in [0.5, 0.6) is 0 Å². The van der Waals surface area contributed by atoms with Gasteiger partial charge in [0.15, 0.2) is 5.58 Å². The van der Waals surface area contributed by atoms with E-state index in [1.165, 1.54) is 4.31 Å². The first-order chi connectivity index (χ1) is 14.3. The average molecular weight is 446 g/mol. The fourth-order valence-corrected chi connectivity index (χ4v) is 5.65. The molecule has 158 valence electrons. The summed E-state index contributed by atoms with van der Waals surface area (Å²) in [7, 11) is -3.96. The van der Waals surface area contributed by atoms with Crippen LogP contribution in [-0.2, 0) is 28.1 Å². The number of benzene rings is 2. The molecular weight excluding hydrogens is 422 g/mol. The van der Waals surface area contributed by atoms with Crippen molar-refractivity contribution in [1.29, 1.82) is 0 Å². The molecule has 9 heteroatoms. The van der Waals surface area contributed by atoms with Gasteiger partial charge in [-0.2, -0.15) is 12.7 Å². The third-order valence-electron chi connectivity index (χ3n) is 5.14. The van der Waals surface area contributed by atoms with E-state index >= 15 is 0 Å². The molecule has 1 N–H and O–H groups in total. The van der Waals surface area contributed by atoms with Gasteiger partial charge in [-0.15, -0.1) is 0 Å². The Morgan fingerprint density at radius 3 is 2.53 bits per heavy atom. The second kappa shape index (κ2) is 7.98. The normalized spacial score (nSPS) is 19.2. The van der Waals surface area contributed by atoms with Crippen molar-refractivity contribution in [3.63, 3.8) is 0 Å². The van der Waals surface area contributed by atoms with Crippen molar-refractivity contribution in [1.82, 2.24) is 13.6 Å². The zero-order valence-electron chi connectivity index (χ0n) is 16.7. The van der Waals surface area contributed by atoms with E-state index in [9.17, 15) is 13.2 Å². The van der Waals surface area contributed by atoms with Crippen LogP contribution in [0.1, 0.15) is 31.4 Å². The van der Waals surface area contributed by atoms with Crippen molar-refractivity contribution in [2.45, 2.75) is 39.4 Å². The number of H-pyrrole nitrogens is 1. The molecular formula is C21H23N3O4S2. The maximum absolute atomic E-state index is 13.4. The maximum Gasteiger partial charge on any atom is 0.307 e. The molecule has 1 atom stereocenters. The minimum Gasteiger partial charge on any atom is -0.429 e. The van der Waals surface area contributed by atoms with Gasteiger partial charge in [-0.05, 0) is 47.8 Å². The molecule has 0 saturated carbocycles. The van der Waals surface area contributed by atoms with E-state index in [2.05, 4.69) is 4.98 Å². The van der Waals surface area contributed by atoms with Crippen LogP contribution in [0.15, 0.2) is 52.9 Å². The summed E-state index contributed by atoms with van der Waals surface area (Å²) < 4.78 is 34.4. The number of nitrogens with one attached hydrogen (secondary N) is 1. The van der Waals surface area contributed by atoms with Gasteiger partial charge in [-0.3, -0.25) is 4.79 Å². The number of carbonyl (C=O) groups is 1. The summed E-state index contributed by atoms with van der Waals surface area (Å²) in [6.45, 7) is 4.08. The number of oxazole rings is 1. The van der Waals surface area contributed by atoms with Crippen LogP contribution in [0, 0.1) is 10.8 Å². The summed E-state index contributed by atoms with van der Waals surface area (Å²) in [4.78, 5) is 16.3. The van der Waals surface area contributed by atoms with E-state index in [-0.39, 0.29) is 23.8 Å². The number of fused-ring (bicyclic) bond motifs is 1. The molecule has 30 heavy (non-hydrogen) atoms. The molecule has 1 unspecified atom stereocenters. The second-order valence-corrected chi connectivity index (χ2v) is 10.1.